The maximum atomic E-state index is 13.1. The Morgan fingerprint density at radius 3 is 3.05 bits per heavy atom. The maximum absolute atomic E-state index is 13.1. The van der Waals surface area contributed by atoms with Crippen molar-refractivity contribution in [3.05, 3.63) is 42.0 Å². The number of aromatic amines is 1. The molecule has 0 radical (unpaired) electrons. The summed E-state index contributed by atoms with van der Waals surface area (Å²) in [6.07, 6.45) is 4.17. The number of benzene rings is 1. The van der Waals surface area contributed by atoms with Crippen LogP contribution in [-0.4, -0.2) is 33.0 Å². The maximum Gasteiger partial charge on any atom is 0.161 e. The molecule has 0 bridgehead atoms. The van der Waals surface area contributed by atoms with Gasteiger partial charge in [-0.3, -0.25) is 5.10 Å². The number of halogens is 1. The molecular formula is C14H14FN5S. The van der Waals surface area contributed by atoms with Gasteiger partial charge in [-0.1, -0.05) is 12.1 Å². The van der Waals surface area contributed by atoms with Gasteiger partial charge in [0.1, 0.15) is 23.0 Å². The summed E-state index contributed by atoms with van der Waals surface area (Å²) < 4.78 is 13.1. The van der Waals surface area contributed by atoms with Gasteiger partial charge in [0.2, 0.25) is 0 Å². The van der Waals surface area contributed by atoms with E-state index in [0.717, 1.165) is 28.2 Å². The highest BCUT2D eigenvalue weighted by Gasteiger charge is 2.11. The van der Waals surface area contributed by atoms with Crippen LogP contribution in [-0.2, 0) is 6.42 Å². The van der Waals surface area contributed by atoms with Crippen molar-refractivity contribution in [2.45, 2.75) is 11.4 Å². The zero-order chi connectivity index (χ0) is 14.7. The summed E-state index contributed by atoms with van der Waals surface area (Å²) in [4.78, 5) is 8.42. The number of hydrogen-bond acceptors (Lipinski definition) is 5. The molecule has 2 N–H and O–H groups in total. The lowest BCUT2D eigenvalue weighted by atomic mass is 10.1. The van der Waals surface area contributed by atoms with E-state index >= 15 is 0 Å². The summed E-state index contributed by atoms with van der Waals surface area (Å²) in [5, 5.41) is 12.1. The minimum Gasteiger partial charge on any atom is -0.369 e. The van der Waals surface area contributed by atoms with E-state index in [1.165, 1.54) is 24.2 Å². The molecule has 7 heteroatoms. The number of nitrogens with one attached hydrogen (secondary N) is 2. The number of anilines is 1. The van der Waals surface area contributed by atoms with Crippen LogP contribution in [0.5, 0.6) is 0 Å². The highest BCUT2D eigenvalue weighted by atomic mass is 32.2. The van der Waals surface area contributed by atoms with E-state index in [1.54, 1.807) is 12.1 Å². The predicted molar refractivity (Wildman–Crippen MR) is 82.1 cm³/mol. The summed E-state index contributed by atoms with van der Waals surface area (Å²) in [5.74, 6) is 0.533. The lowest BCUT2D eigenvalue weighted by Crippen LogP contribution is -2.07. The molecule has 0 unspecified atom stereocenters. The summed E-state index contributed by atoms with van der Waals surface area (Å²) in [7, 11) is 0. The molecule has 0 aliphatic heterocycles. The van der Waals surface area contributed by atoms with Gasteiger partial charge in [0.15, 0.2) is 5.65 Å². The number of rotatable bonds is 5. The van der Waals surface area contributed by atoms with Crippen molar-refractivity contribution < 1.29 is 4.39 Å². The number of aromatic nitrogens is 4. The Balaban J connectivity index is 1.75. The van der Waals surface area contributed by atoms with E-state index in [2.05, 4.69) is 25.5 Å². The normalized spacial score (nSPS) is 11.0. The van der Waals surface area contributed by atoms with E-state index in [0.29, 0.717) is 12.2 Å². The van der Waals surface area contributed by atoms with E-state index < -0.39 is 0 Å². The van der Waals surface area contributed by atoms with Gasteiger partial charge < -0.3 is 5.32 Å². The highest BCUT2D eigenvalue weighted by Crippen LogP contribution is 2.27. The van der Waals surface area contributed by atoms with Crippen molar-refractivity contribution in [3.8, 4) is 0 Å². The number of hydrogen-bond donors (Lipinski definition) is 2. The SMILES string of the molecule is CSc1n[nH]c2ncnc(NCCc3cccc(F)c3)c12. The molecule has 3 rings (SSSR count). The standard InChI is InChI=1S/C14H14FN5S/c1-21-14-11-12(17-8-18-13(11)19-20-14)16-6-5-9-3-2-4-10(15)7-9/h2-4,7-8H,5-6H2,1H3,(H2,16,17,18,19,20). The first-order valence-corrected chi connectivity index (χ1v) is 7.72. The fourth-order valence-electron chi connectivity index (χ4n) is 2.13. The van der Waals surface area contributed by atoms with Gasteiger partial charge in [-0.25, -0.2) is 14.4 Å². The van der Waals surface area contributed by atoms with Gasteiger partial charge in [-0.15, -0.1) is 11.8 Å². The minimum atomic E-state index is -0.212. The third-order valence-corrected chi connectivity index (χ3v) is 3.80. The van der Waals surface area contributed by atoms with Crippen LogP contribution in [0.3, 0.4) is 0 Å². The molecule has 0 amide bonds. The Bertz CT molecular complexity index is 758. The third kappa shape index (κ3) is 2.97. The number of nitrogens with zero attached hydrogens (tertiary/aromatic N) is 3. The van der Waals surface area contributed by atoms with E-state index in [9.17, 15) is 4.39 Å². The first-order valence-electron chi connectivity index (χ1n) is 6.49. The van der Waals surface area contributed by atoms with Crippen LogP contribution in [0.1, 0.15) is 5.56 Å². The average molecular weight is 303 g/mol. The lowest BCUT2D eigenvalue weighted by molar-refractivity contribution is 0.625. The van der Waals surface area contributed by atoms with Crippen LogP contribution in [0.2, 0.25) is 0 Å². The van der Waals surface area contributed by atoms with E-state index in [-0.39, 0.29) is 5.82 Å². The Morgan fingerprint density at radius 2 is 2.24 bits per heavy atom. The molecule has 0 aliphatic rings. The molecule has 1 aromatic carbocycles. The van der Waals surface area contributed by atoms with Crippen LogP contribution in [0.15, 0.2) is 35.6 Å². The fourth-order valence-corrected chi connectivity index (χ4v) is 2.67. The Labute approximate surface area is 125 Å². The zero-order valence-corrected chi connectivity index (χ0v) is 12.2. The van der Waals surface area contributed by atoms with Crippen LogP contribution in [0.4, 0.5) is 10.2 Å². The molecule has 0 atom stereocenters. The largest absolute Gasteiger partial charge is 0.369 e. The molecule has 3 aromatic rings. The van der Waals surface area contributed by atoms with Crippen molar-refractivity contribution >= 4 is 28.6 Å². The number of fused-ring (bicyclic) bond motifs is 1. The lowest BCUT2D eigenvalue weighted by Gasteiger charge is -2.07. The first-order chi connectivity index (χ1) is 10.3. The molecule has 5 nitrogen and oxygen atoms in total. The molecule has 0 aliphatic carbocycles. The van der Waals surface area contributed by atoms with Crippen molar-refractivity contribution in [2.24, 2.45) is 0 Å². The van der Waals surface area contributed by atoms with E-state index in [1.807, 2.05) is 12.3 Å². The number of thioether (sulfide) groups is 1. The zero-order valence-electron chi connectivity index (χ0n) is 11.4. The molecule has 2 aromatic heterocycles. The van der Waals surface area contributed by atoms with Crippen molar-refractivity contribution in [2.75, 3.05) is 18.1 Å². The van der Waals surface area contributed by atoms with E-state index in [4.69, 9.17) is 0 Å². The smallest absolute Gasteiger partial charge is 0.161 e. The second-order valence-corrected chi connectivity index (χ2v) is 5.28. The molecule has 0 saturated carbocycles. The second-order valence-electron chi connectivity index (χ2n) is 4.49. The third-order valence-electron chi connectivity index (χ3n) is 3.11. The van der Waals surface area contributed by atoms with Crippen molar-refractivity contribution in [1.29, 1.82) is 0 Å². The van der Waals surface area contributed by atoms with Crippen molar-refractivity contribution in [1.82, 2.24) is 20.2 Å². The Kier molecular flexibility index (Phi) is 4.01. The summed E-state index contributed by atoms with van der Waals surface area (Å²) in [5.41, 5.74) is 1.66. The topological polar surface area (TPSA) is 66.5 Å². The molecule has 2 heterocycles. The number of H-pyrrole nitrogens is 1. The molecule has 0 spiro atoms. The van der Waals surface area contributed by atoms with Gasteiger partial charge in [0.05, 0.1) is 5.39 Å². The average Bonchev–Trinajstić information content (AvgIpc) is 2.91. The quantitative estimate of drug-likeness (QED) is 0.709. The van der Waals surface area contributed by atoms with Crippen LogP contribution in [0, 0.1) is 5.82 Å². The Morgan fingerprint density at radius 1 is 1.33 bits per heavy atom. The first kappa shape index (κ1) is 13.8. The van der Waals surface area contributed by atoms with Crippen LogP contribution < -0.4 is 5.32 Å². The van der Waals surface area contributed by atoms with Crippen LogP contribution in [0.25, 0.3) is 11.0 Å². The van der Waals surface area contributed by atoms with Gasteiger partial charge in [0, 0.05) is 6.54 Å². The molecular weight excluding hydrogens is 289 g/mol. The monoisotopic (exact) mass is 303 g/mol. The van der Waals surface area contributed by atoms with Crippen molar-refractivity contribution in [3.63, 3.8) is 0 Å². The minimum absolute atomic E-state index is 0.212. The van der Waals surface area contributed by atoms with Crippen LogP contribution >= 0.6 is 11.8 Å². The molecule has 0 fully saturated rings. The van der Waals surface area contributed by atoms with Gasteiger partial charge in [-0.2, -0.15) is 5.10 Å². The Hall–Kier alpha value is -2.15. The van der Waals surface area contributed by atoms with Gasteiger partial charge in [0.25, 0.3) is 0 Å². The predicted octanol–water partition coefficient (Wildman–Crippen LogP) is 2.87. The highest BCUT2D eigenvalue weighted by molar-refractivity contribution is 7.98. The molecule has 0 saturated heterocycles. The summed E-state index contributed by atoms with van der Waals surface area (Å²) >= 11 is 1.54. The summed E-state index contributed by atoms with van der Waals surface area (Å²) in [6.45, 7) is 0.661. The molecule has 21 heavy (non-hydrogen) atoms. The second kappa shape index (κ2) is 6.09. The van der Waals surface area contributed by atoms with Gasteiger partial charge in [-0.05, 0) is 30.4 Å². The summed E-state index contributed by atoms with van der Waals surface area (Å²) in [6, 6.07) is 6.62. The molecule has 108 valence electrons. The fraction of sp³-hybridized carbons (Fsp3) is 0.214. The van der Waals surface area contributed by atoms with Gasteiger partial charge >= 0.3 is 0 Å².